The van der Waals surface area contributed by atoms with Gasteiger partial charge in [-0.2, -0.15) is 0 Å². The lowest BCUT2D eigenvalue weighted by Crippen LogP contribution is -2.34. The van der Waals surface area contributed by atoms with E-state index in [2.05, 4.69) is 5.32 Å². The molecule has 1 aliphatic carbocycles. The van der Waals surface area contributed by atoms with Gasteiger partial charge in [0.15, 0.2) is 0 Å². The second-order valence-electron chi connectivity index (χ2n) is 5.18. The quantitative estimate of drug-likeness (QED) is 0.917. The zero-order chi connectivity index (χ0) is 13.5. The van der Waals surface area contributed by atoms with Crippen molar-refractivity contribution in [2.24, 2.45) is 0 Å². The van der Waals surface area contributed by atoms with Crippen molar-refractivity contribution in [1.82, 2.24) is 10.2 Å². The van der Waals surface area contributed by atoms with Gasteiger partial charge in [0, 0.05) is 18.7 Å². The molecule has 1 amide bonds. The van der Waals surface area contributed by atoms with Gasteiger partial charge in [0.2, 0.25) is 5.91 Å². The number of methoxy groups -OCH3 is 1. The molecular weight excluding hydrogens is 264 g/mol. The second-order valence-corrected chi connectivity index (χ2v) is 5.61. The topological polar surface area (TPSA) is 41.6 Å². The molecule has 1 saturated carbocycles. The first kappa shape index (κ1) is 12.9. The second kappa shape index (κ2) is 4.78. The molecule has 2 fully saturated rings. The Balaban J connectivity index is 1.87. The monoisotopic (exact) mass is 280 g/mol. The molecule has 4 nitrogen and oxygen atoms in total. The van der Waals surface area contributed by atoms with Crippen molar-refractivity contribution >= 4 is 17.5 Å². The van der Waals surface area contributed by atoms with Gasteiger partial charge in [-0.3, -0.25) is 10.1 Å². The Kier molecular flexibility index (Phi) is 3.25. The van der Waals surface area contributed by atoms with Gasteiger partial charge in [-0.25, -0.2) is 0 Å². The molecule has 1 unspecified atom stereocenters. The van der Waals surface area contributed by atoms with Crippen LogP contribution in [0.25, 0.3) is 0 Å². The predicted octanol–water partition coefficient (Wildman–Crippen LogP) is 1.95. The van der Waals surface area contributed by atoms with Crippen molar-refractivity contribution in [1.29, 1.82) is 0 Å². The Morgan fingerprint density at radius 3 is 2.95 bits per heavy atom. The fourth-order valence-corrected chi connectivity index (χ4v) is 2.84. The van der Waals surface area contributed by atoms with Gasteiger partial charge in [0.05, 0.1) is 6.61 Å². The zero-order valence-corrected chi connectivity index (χ0v) is 11.6. The highest BCUT2D eigenvalue weighted by Crippen LogP contribution is 2.45. The number of nitrogens with zero attached hydrogens (tertiary/aromatic N) is 1. The maximum Gasteiger partial charge on any atom is 0.244 e. The van der Waals surface area contributed by atoms with E-state index in [0.29, 0.717) is 18.2 Å². The molecule has 5 heteroatoms. The van der Waals surface area contributed by atoms with Crippen LogP contribution in [-0.4, -0.2) is 36.6 Å². The number of hydrogen-bond acceptors (Lipinski definition) is 3. The smallest absolute Gasteiger partial charge is 0.244 e. The first-order valence-electron chi connectivity index (χ1n) is 6.49. The third-order valence-corrected chi connectivity index (χ3v) is 4.08. The van der Waals surface area contributed by atoms with Crippen molar-refractivity contribution in [2.75, 3.05) is 20.3 Å². The van der Waals surface area contributed by atoms with E-state index >= 15 is 0 Å². The first-order valence-corrected chi connectivity index (χ1v) is 6.87. The average molecular weight is 281 g/mol. The van der Waals surface area contributed by atoms with Crippen LogP contribution in [0.15, 0.2) is 24.3 Å². The number of ether oxygens (including phenoxy) is 1. The standard InChI is InChI=1S/C14H17ClN2O2/c1-19-8-7-17-12(10-3-2-4-11(15)9-10)16-14(5-6-14)13(17)18/h2-4,9,12,16H,5-8H2,1H3. The summed E-state index contributed by atoms with van der Waals surface area (Å²) in [5, 5.41) is 4.15. The van der Waals surface area contributed by atoms with Gasteiger partial charge in [0.25, 0.3) is 0 Å². The first-order chi connectivity index (χ1) is 9.16. The van der Waals surface area contributed by atoms with Gasteiger partial charge in [-0.15, -0.1) is 0 Å². The third-order valence-electron chi connectivity index (χ3n) is 3.85. The van der Waals surface area contributed by atoms with Crippen LogP contribution in [-0.2, 0) is 9.53 Å². The van der Waals surface area contributed by atoms with Gasteiger partial charge < -0.3 is 9.64 Å². The molecule has 2 aliphatic rings. The highest BCUT2D eigenvalue weighted by Gasteiger charge is 2.59. The maximum absolute atomic E-state index is 12.4. The largest absolute Gasteiger partial charge is 0.383 e. The molecule has 1 aromatic carbocycles. The number of halogens is 1. The van der Waals surface area contributed by atoms with Crippen LogP contribution in [0.3, 0.4) is 0 Å². The van der Waals surface area contributed by atoms with Crippen LogP contribution in [0.1, 0.15) is 24.6 Å². The average Bonchev–Trinajstić information content (AvgIpc) is 3.12. The van der Waals surface area contributed by atoms with E-state index in [4.69, 9.17) is 16.3 Å². The molecule has 1 spiro atoms. The molecule has 0 bridgehead atoms. The van der Waals surface area contributed by atoms with E-state index < -0.39 is 0 Å². The number of benzene rings is 1. The minimum atomic E-state index is -0.319. The SMILES string of the molecule is COCCN1C(=O)C2(CC2)NC1c1cccc(Cl)c1. The van der Waals surface area contributed by atoms with E-state index in [1.807, 2.05) is 29.2 Å². The molecule has 1 N–H and O–H groups in total. The number of hydrogen-bond donors (Lipinski definition) is 1. The lowest BCUT2D eigenvalue weighted by molar-refractivity contribution is -0.131. The van der Waals surface area contributed by atoms with Crippen molar-refractivity contribution in [2.45, 2.75) is 24.5 Å². The van der Waals surface area contributed by atoms with Gasteiger partial charge in [0.1, 0.15) is 11.7 Å². The van der Waals surface area contributed by atoms with Gasteiger partial charge in [-0.1, -0.05) is 23.7 Å². The summed E-state index contributed by atoms with van der Waals surface area (Å²) in [6, 6.07) is 7.66. The van der Waals surface area contributed by atoms with Crippen LogP contribution in [0, 0.1) is 0 Å². The van der Waals surface area contributed by atoms with Crippen molar-refractivity contribution in [3.05, 3.63) is 34.9 Å². The number of carbonyl (C=O) groups excluding carboxylic acids is 1. The summed E-state index contributed by atoms with van der Waals surface area (Å²) in [4.78, 5) is 14.3. The summed E-state index contributed by atoms with van der Waals surface area (Å²) in [5.41, 5.74) is 0.710. The number of rotatable bonds is 4. The van der Waals surface area contributed by atoms with Crippen LogP contribution in [0.4, 0.5) is 0 Å². The molecule has 0 radical (unpaired) electrons. The minimum absolute atomic E-state index is 0.0937. The molecular formula is C14H17ClN2O2. The number of amides is 1. The van der Waals surface area contributed by atoms with Crippen LogP contribution in [0.5, 0.6) is 0 Å². The Bertz CT molecular complexity index is 502. The molecule has 1 atom stereocenters. The minimum Gasteiger partial charge on any atom is -0.383 e. The van der Waals surface area contributed by atoms with Crippen LogP contribution < -0.4 is 5.32 Å². The van der Waals surface area contributed by atoms with Crippen molar-refractivity contribution in [3.8, 4) is 0 Å². The van der Waals surface area contributed by atoms with E-state index in [9.17, 15) is 4.79 Å². The molecule has 0 aromatic heterocycles. The highest BCUT2D eigenvalue weighted by molar-refractivity contribution is 6.30. The lowest BCUT2D eigenvalue weighted by atomic mass is 10.1. The summed E-state index contributed by atoms with van der Waals surface area (Å²) in [6.07, 6.45) is 1.75. The fraction of sp³-hybridized carbons (Fsp3) is 0.500. The Labute approximate surface area is 117 Å². The van der Waals surface area contributed by atoms with Crippen molar-refractivity contribution in [3.63, 3.8) is 0 Å². The Hall–Kier alpha value is -1.10. The molecule has 1 heterocycles. The normalized spacial score (nSPS) is 24.2. The van der Waals surface area contributed by atoms with E-state index in [-0.39, 0.29) is 17.6 Å². The summed E-state index contributed by atoms with van der Waals surface area (Å²) in [7, 11) is 1.65. The predicted molar refractivity (Wildman–Crippen MR) is 72.9 cm³/mol. The molecule has 1 aromatic rings. The highest BCUT2D eigenvalue weighted by atomic mass is 35.5. The molecule has 1 aliphatic heterocycles. The summed E-state index contributed by atoms with van der Waals surface area (Å²) >= 11 is 6.04. The van der Waals surface area contributed by atoms with E-state index in [1.54, 1.807) is 7.11 Å². The summed E-state index contributed by atoms with van der Waals surface area (Å²) < 4.78 is 5.10. The van der Waals surface area contributed by atoms with Gasteiger partial charge >= 0.3 is 0 Å². The third kappa shape index (κ3) is 2.24. The lowest BCUT2D eigenvalue weighted by Gasteiger charge is -2.24. The maximum atomic E-state index is 12.4. The molecule has 1 saturated heterocycles. The molecule has 19 heavy (non-hydrogen) atoms. The van der Waals surface area contributed by atoms with Crippen molar-refractivity contribution < 1.29 is 9.53 Å². The number of nitrogens with one attached hydrogen (secondary N) is 1. The fourth-order valence-electron chi connectivity index (χ4n) is 2.64. The van der Waals surface area contributed by atoms with Gasteiger partial charge in [-0.05, 0) is 30.5 Å². The number of carbonyl (C=O) groups is 1. The molecule has 3 rings (SSSR count). The van der Waals surface area contributed by atoms with Crippen LogP contribution >= 0.6 is 11.6 Å². The Morgan fingerprint density at radius 1 is 1.53 bits per heavy atom. The molecule has 102 valence electrons. The summed E-state index contributed by atoms with van der Waals surface area (Å²) in [6.45, 7) is 1.14. The zero-order valence-electron chi connectivity index (χ0n) is 10.9. The Morgan fingerprint density at radius 2 is 2.32 bits per heavy atom. The van der Waals surface area contributed by atoms with Crippen LogP contribution in [0.2, 0.25) is 5.02 Å². The van der Waals surface area contributed by atoms with E-state index in [0.717, 1.165) is 18.4 Å². The summed E-state index contributed by atoms with van der Waals surface area (Å²) in [5.74, 6) is 0.189. The van der Waals surface area contributed by atoms with E-state index in [1.165, 1.54) is 0 Å².